The first-order chi connectivity index (χ1) is 9.55. The van der Waals surface area contributed by atoms with E-state index in [4.69, 9.17) is 5.11 Å². The monoisotopic (exact) mass is 298 g/mol. The van der Waals surface area contributed by atoms with E-state index >= 15 is 0 Å². The van der Waals surface area contributed by atoms with Crippen LogP contribution in [0.25, 0.3) is 0 Å². The Kier molecular flexibility index (Phi) is 5.39. The smallest absolute Gasteiger partial charge is 0.211 e. The molecule has 0 aromatic heterocycles. The van der Waals surface area contributed by atoms with Gasteiger partial charge in [0.1, 0.15) is 5.75 Å². The summed E-state index contributed by atoms with van der Waals surface area (Å²) in [6, 6.07) is 6.85. The van der Waals surface area contributed by atoms with Crippen molar-refractivity contribution in [3.05, 3.63) is 29.8 Å². The number of piperidine rings is 1. The van der Waals surface area contributed by atoms with Crippen LogP contribution in [0.5, 0.6) is 5.75 Å². The Morgan fingerprint density at radius 3 is 2.65 bits per heavy atom. The highest BCUT2D eigenvalue weighted by Crippen LogP contribution is 2.12. The highest BCUT2D eigenvalue weighted by atomic mass is 32.2. The van der Waals surface area contributed by atoms with Gasteiger partial charge in [0.2, 0.25) is 10.0 Å². The summed E-state index contributed by atoms with van der Waals surface area (Å²) in [6.07, 6.45) is 4.08. The molecule has 1 fully saturated rings. The van der Waals surface area contributed by atoms with Gasteiger partial charge >= 0.3 is 0 Å². The molecule has 0 bridgehead atoms. The fourth-order valence-electron chi connectivity index (χ4n) is 2.35. The summed E-state index contributed by atoms with van der Waals surface area (Å²) in [5.41, 5.74) is 0.835. The first-order valence-corrected chi connectivity index (χ1v) is 8.69. The Morgan fingerprint density at radius 2 is 2.00 bits per heavy atom. The molecule has 0 saturated carbocycles. The standard InChI is InChI=1S/C14H22N2O3S/c17-14-6-4-12(5-7-14)11-16-20(18,19)10-8-13-3-1-2-9-15-13/h4-7,13,15-17H,1-3,8-11H2. The number of benzene rings is 1. The predicted octanol–water partition coefficient (Wildman–Crippen LogP) is 1.34. The summed E-state index contributed by atoms with van der Waals surface area (Å²) in [5.74, 6) is 0.336. The van der Waals surface area contributed by atoms with Gasteiger partial charge in [-0.2, -0.15) is 0 Å². The first kappa shape index (κ1) is 15.3. The molecule has 1 atom stereocenters. The van der Waals surface area contributed by atoms with Crippen molar-refractivity contribution < 1.29 is 13.5 Å². The maximum atomic E-state index is 11.9. The van der Waals surface area contributed by atoms with Gasteiger partial charge in [-0.05, 0) is 43.5 Å². The van der Waals surface area contributed by atoms with E-state index in [1.54, 1.807) is 24.3 Å². The average Bonchev–Trinajstić information content (AvgIpc) is 2.46. The Morgan fingerprint density at radius 1 is 1.25 bits per heavy atom. The van der Waals surface area contributed by atoms with Crippen molar-refractivity contribution in [2.75, 3.05) is 12.3 Å². The van der Waals surface area contributed by atoms with E-state index in [0.29, 0.717) is 12.5 Å². The number of nitrogens with one attached hydrogen (secondary N) is 2. The maximum Gasteiger partial charge on any atom is 0.211 e. The second kappa shape index (κ2) is 7.06. The number of aromatic hydroxyl groups is 1. The molecule has 0 spiro atoms. The second-order valence-corrected chi connectivity index (χ2v) is 7.17. The van der Waals surface area contributed by atoms with E-state index in [1.165, 1.54) is 12.8 Å². The molecule has 1 aromatic rings. The van der Waals surface area contributed by atoms with Gasteiger partial charge in [-0.25, -0.2) is 13.1 Å². The van der Waals surface area contributed by atoms with Gasteiger partial charge in [0.15, 0.2) is 0 Å². The summed E-state index contributed by atoms with van der Waals surface area (Å²) in [5, 5.41) is 12.5. The molecular weight excluding hydrogens is 276 g/mol. The van der Waals surface area contributed by atoms with Crippen LogP contribution in [0.3, 0.4) is 0 Å². The molecule has 1 unspecified atom stereocenters. The largest absolute Gasteiger partial charge is 0.508 e. The molecule has 0 radical (unpaired) electrons. The fourth-order valence-corrected chi connectivity index (χ4v) is 3.47. The van der Waals surface area contributed by atoms with E-state index in [2.05, 4.69) is 10.0 Å². The molecule has 2 rings (SSSR count). The molecule has 1 heterocycles. The fraction of sp³-hybridized carbons (Fsp3) is 0.571. The molecule has 1 saturated heterocycles. The van der Waals surface area contributed by atoms with Crippen molar-refractivity contribution in [3.8, 4) is 5.75 Å². The van der Waals surface area contributed by atoms with Gasteiger partial charge in [-0.15, -0.1) is 0 Å². The Labute approximate surface area is 120 Å². The predicted molar refractivity (Wildman–Crippen MR) is 79.0 cm³/mol. The Balaban J connectivity index is 1.76. The lowest BCUT2D eigenvalue weighted by molar-refractivity contribution is 0.392. The summed E-state index contributed by atoms with van der Waals surface area (Å²) < 4.78 is 26.4. The molecule has 112 valence electrons. The van der Waals surface area contributed by atoms with Crippen molar-refractivity contribution in [2.24, 2.45) is 0 Å². The van der Waals surface area contributed by atoms with Crippen LogP contribution in [0.1, 0.15) is 31.2 Å². The molecule has 1 aliphatic rings. The van der Waals surface area contributed by atoms with E-state index in [0.717, 1.165) is 18.5 Å². The van der Waals surface area contributed by atoms with Gasteiger partial charge < -0.3 is 10.4 Å². The number of rotatable bonds is 6. The summed E-state index contributed by atoms with van der Waals surface area (Å²) >= 11 is 0. The summed E-state index contributed by atoms with van der Waals surface area (Å²) in [7, 11) is -3.24. The van der Waals surface area contributed by atoms with Crippen LogP contribution in [-0.4, -0.2) is 31.9 Å². The summed E-state index contributed by atoms with van der Waals surface area (Å²) in [6.45, 7) is 1.26. The molecule has 1 aromatic carbocycles. The Bertz CT molecular complexity index is 508. The first-order valence-electron chi connectivity index (χ1n) is 7.04. The lowest BCUT2D eigenvalue weighted by Crippen LogP contribution is -2.37. The van der Waals surface area contributed by atoms with Crippen molar-refractivity contribution in [1.82, 2.24) is 10.0 Å². The van der Waals surface area contributed by atoms with E-state index in [9.17, 15) is 8.42 Å². The lowest BCUT2D eigenvalue weighted by atomic mass is 10.0. The normalized spacial score (nSPS) is 19.9. The van der Waals surface area contributed by atoms with Gasteiger partial charge in [0.05, 0.1) is 5.75 Å². The third-order valence-electron chi connectivity index (χ3n) is 3.58. The number of hydrogen-bond acceptors (Lipinski definition) is 4. The van der Waals surface area contributed by atoms with Crippen molar-refractivity contribution in [1.29, 1.82) is 0 Å². The van der Waals surface area contributed by atoms with Crippen LogP contribution < -0.4 is 10.0 Å². The van der Waals surface area contributed by atoms with Crippen LogP contribution in [0.15, 0.2) is 24.3 Å². The molecule has 20 heavy (non-hydrogen) atoms. The number of phenols is 1. The second-order valence-electron chi connectivity index (χ2n) is 5.24. The van der Waals surface area contributed by atoms with Crippen LogP contribution in [-0.2, 0) is 16.6 Å². The topological polar surface area (TPSA) is 78.4 Å². The van der Waals surface area contributed by atoms with Crippen molar-refractivity contribution >= 4 is 10.0 Å². The van der Waals surface area contributed by atoms with E-state index < -0.39 is 10.0 Å². The van der Waals surface area contributed by atoms with Gasteiger partial charge in [-0.1, -0.05) is 18.6 Å². The molecular formula is C14H22N2O3S. The maximum absolute atomic E-state index is 11.9. The third kappa shape index (κ3) is 5.11. The van der Waals surface area contributed by atoms with Crippen LogP contribution >= 0.6 is 0 Å². The highest BCUT2D eigenvalue weighted by Gasteiger charge is 2.17. The highest BCUT2D eigenvalue weighted by molar-refractivity contribution is 7.89. The molecule has 0 aliphatic carbocycles. The minimum Gasteiger partial charge on any atom is -0.508 e. The van der Waals surface area contributed by atoms with Crippen LogP contribution in [0.2, 0.25) is 0 Å². The zero-order chi connectivity index (χ0) is 14.4. The zero-order valence-electron chi connectivity index (χ0n) is 11.5. The van der Waals surface area contributed by atoms with Gasteiger partial charge in [0.25, 0.3) is 0 Å². The lowest BCUT2D eigenvalue weighted by Gasteiger charge is -2.23. The van der Waals surface area contributed by atoms with Crippen LogP contribution in [0, 0.1) is 0 Å². The minimum atomic E-state index is -3.24. The number of hydrogen-bond donors (Lipinski definition) is 3. The summed E-state index contributed by atoms with van der Waals surface area (Å²) in [4.78, 5) is 0. The molecule has 1 aliphatic heterocycles. The zero-order valence-corrected chi connectivity index (χ0v) is 12.3. The third-order valence-corrected chi connectivity index (χ3v) is 4.94. The quantitative estimate of drug-likeness (QED) is 0.740. The Hall–Kier alpha value is -1.11. The molecule has 6 heteroatoms. The van der Waals surface area contributed by atoms with E-state index in [1.807, 2.05) is 0 Å². The van der Waals surface area contributed by atoms with Crippen LogP contribution in [0.4, 0.5) is 0 Å². The average molecular weight is 298 g/mol. The molecule has 5 nitrogen and oxygen atoms in total. The number of phenolic OH excluding ortho intramolecular Hbond substituents is 1. The minimum absolute atomic E-state index is 0.156. The molecule has 0 amide bonds. The van der Waals surface area contributed by atoms with E-state index in [-0.39, 0.29) is 18.0 Å². The van der Waals surface area contributed by atoms with Gasteiger partial charge in [-0.3, -0.25) is 0 Å². The SMILES string of the molecule is O=S(=O)(CCC1CCCCN1)NCc1ccc(O)cc1. The van der Waals surface area contributed by atoms with Crippen molar-refractivity contribution in [2.45, 2.75) is 38.3 Å². The van der Waals surface area contributed by atoms with Crippen molar-refractivity contribution in [3.63, 3.8) is 0 Å². The number of sulfonamides is 1. The van der Waals surface area contributed by atoms with Gasteiger partial charge in [0, 0.05) is 12.6 Å². The molecule has 3 N–H and O–H groups in total.